The second kappa shape index (κ2) is 57.3. The van der Waals surface area contributed by atoms with E-state index < -0.39 is 47.8 Å². The van der Waals surface area contributed by atoms with Crippen LogP contribution in [0.25, 0.3) is 0 Å². The Morgan fingerprint density at radius 3 is 0.265 bits per heavy atom. The van der Waals surface area contributed by atoms with E-state index in [0.29, 0.717) is 0 Å². The van der Waals surface area contributed by atoms with E-state index in [0.717, 1.165) is 55.4 Å². The molecule has 0 aromatic heterocycles. The number of carboxylic acid groups (broad SMARTS) is 8. The van der Waals surface area contributed by atoms with Crippen LogP contribution in [0.2, 0.25) is 0 Å². The van der Waals surface area contributed by atoms with Crippen LogP contribution in [0.5, 0.6) is 0 Å². The molecule has 0 aliphatic carbocycles. The van der Waals surface area contributed by atoms with Gasteiger partial charge in [0.05, 0.1) is 0 Å². The topological polar surface area (TPSA) is 298 Å². The predicted molar refractivity (Wildman–Crippen MR) is 106 cm³/mol. The Bertz CT molecular complexity index is 371. The van der Waals surface area contributed by atoms with Gasteiger partial charge in [0.2, 0.25) is 0 Å². The standard InChI is InChI=1S/8C2H4O2.2Mo/c8*1-2(3)4;;/h8*1H3,(H,3,4);;. The van der Waals surface area contributed by atoms with Crippen LogP contribution in [0, 0.1) is 0 Å². The number of carboxylic acids is 8. The van der Waals surface area contributed by atoms with Crippen molar-refractivity contribution in [3.8, 4) is 0 Å². The average Bonchev–Trinajstić information content (AvgIpc) is 2.30. The third-order valence-corrected chi connectivity index (χ3v) is 0. The summed E-state index contributed by atoms with van der Waals surface area (Å²) in [6, 6.07) is 0. The van der Waals surface area contributed by atoms with Crippen molar-refractivity contribution >= 4 is 47.8 Å². The molecule has 204 valence electrons. The molecular weight excluding hydrogens is 640 g/mol. The molecule has 16 nitrogen and oxygen atoms in total. The molecule has 0 saturated carbocycles. The Kier molecular flexibility index (Phi) is 107. The van der Waals surface area contributed by atoms with E-state index in [4.69, 9.17) is 79.2 Å². The summed E-state index contributed by atoms with van der Waals surface area (Å²) in [6.45, 7) is 8.67. The Morgan fingerprint density at radius 2 is 0.265 bits per heavy atom. The van der Waals surface area contributed by atoms with Gasteiger partial charge in [-0.2, -0.15) is 0 Å². The third kappa shape index (κ3) is 2810. The number of hydrogen-bond acceptors (Lipinski definition) is 8. The molecule has 0 heterocycles. The molecule has 0 amide bonds. The zero-order valence-corrected chi connectivity index (χ0v) is 23.7. The minimum Gasteiger partial charge on any atom is -0.481 e. The minimum absolute atomic E-state index is 0. The van der Waals surface area contributed by atoms with E-state index in [-0.39, 0.29) is 42.1 Å². The van der Waals surface area contributed by atoms with Crippen LogP contribution in [0.4, 0.5) is 0 Å². The summed E-state index contributed by atoms with van der Waals surface area (Å²) in [6.07, 6.45) is 0. The molecule has 0 aromatic rings. The predicted octanol–water partition coefficient (Wildman–Crippen LogP) is 0.722. The first-order valence-corrected chi connectivity index (χ1v) is 7.42. The van der Waals surface area contributed by atoms with Gasteiger partial charge in [-0.1, -0.05) is 0 Å². The Hall–Kier alpha value is -2.86. The zero-order valence-electron chi connectivity index (χ0n) is 19.7. The molecular formula is C16H32Mo2O16. The molecule has 0 radical (unpaired) electrons. The normalized spacial score (nSPS) is 5.88. The first-order chi connectivity index (χ1) is 13.9. The van der Waals surface area contributed by atoms with Gasteiger partial charge in [0.1, 0.15) is 0 Å². The van der Waals surface area contributed by atoms with Crippen molar-refractivity contribution in [2.45, 2.75) is 55.4 Å². The van der Waals surface area contributed by atoms with E-state index in [1.54, 1.807) is 0 Å². The van der Waals surface area contributed by atoms with Gasteiger partial charge >= 0.3 is 0 Å². The molecule has 8 N–H and O–H groups in total. The fourth-order valence-electron chi connectivity index (χ4n) is 0. The van der Waals surface area contributed by atoms with Crippen LogP contribution in [-0.2, 0) is 80.5 Å². The maximum Gasteiger partial charge on any atom is 0.300 e. The summed E-state index contributed by atoms with van der Waals surface area (Å²) >= 11 is 0. The van der Waals surface area contributed by atoms with Crippen molar-refractivity contribution in [1.82, 2.24) is 0 Å². The second-order valence-electron chi connectivity index (χ2n) is 4.15. The Labute approximate surface area is 224 Å². The van der Waals surface area contributed by atoms with Crippen molar-refractivity contribution in [2.24, 2.45) is 0 Å². The van der Waals surface area contributed by atoms with Crippen LogP contribution in [0.15, 0.2) is 0 Å². The average molecular weight is 672 g/mol. The van der Waals surface area contributed by atoms with Gasteiger partial charge < -0.3 is 40.9 Å². The van der Waals surface area contributed by atoms with Crippen molar-refractivity contribution in [3.63, 3.8) is 0 Å². The summed E-state index contributed by atoms with van der Waals surface area (Å²) < 4.78 is 0. The summed E-state index contributed by atoms with van der Waals surface area (Å²) in [7, 11) is 0. The molecule has 34 heavy (non-hydrogen) atoms. The zero-order chi connectivity index (χ0) is 28.6. The molecule has 0 rings (SSSR count). The van der Waals surface area contributed by atoms with Crippen LogP contribution in [0.1, 0.15) is 55.4 Å². The first kappa shape index (κ1) is 63.3. The van der Waals surface area contributed by atoms with Crippen molar-refractivity contribution in [2.75, 3.05) is 0 Å². The number of rotatable bonds is 0. The fourth-order valence-corrected chi connectivity index (χ4v) is 0. The third-order valence-electron chi connectivity index (χ3n) is 0. The molecule has 18 heteroatoms. The van der Waals surface area contributed by atoms with Crippen molar-refractivity contribution < 1.29 is 121 Å². The number of hydrogen-bond donors (Lipinski definition) is 8. The van der Waals surface area contributed by atoms with Crippen molar-refractivity contribution in [3.05, 3.63) is 0 Å². The maximum absolute atomic E-state index is 9.00. The quantitative estimate of drug-likeness (QED) is 0.164. The van der Waals surface area contributed by atoms with Gasteiger partial charge in [0.15, 0.2) is 0 Å². The SMILES string of the molecule is CC(=O)O.CC(=O)O.CC(=O)O.CC(=O)O.CC(=O)O.CC(=O)O.CC(=O)O.CC(=O)O.[Mo].[Mo]. The number of carbonyl (C=O) groups is 8. The minimum atomic E-state index is -0.833. The molecule has 0 fully saturated rings. The van der Waals surface area contributed by atoms with Gasteiger partial charge in [0.25, 0.3) is 47.8 Å². The van der Waals surface area contributed by atoms with Crippen molar-refractivity contribution in [1.29, 1.82) is 0 Å². The number of aliphatic carboxylic acids is 8. The Balaban J connectivity index is -0.0000000240. The van der Waals surface area contributed by atoms with Gasteiger partial charge in [-0.05, 0) is 0 Å². The first-order valence-electron chi connectivity index (χ1n) is 7.42. The van der Waals surface area contributed by atoms with E-state index >= 15 is 0 Å². The smallest absolute Gasteiger partial charge is 0.300 e. The molecule has 0 spiro atoms. The molecule has 0 atom stereocenters. The van der Waals surface area contributed by atoms with Gasteiger partial charge in [-0.25, -0.2) is 0 Å². The summed E-state index contributed by atoms with van der Waals surface area (Å²) in [5.41, 5.74) is 0. The molecule has 0 bridgehead atoms. The second-order valence-corrected chi connectivity index (χ2v) is 4.15. The Morgan fingerprint density at radius 1 is 0.265 bits per heavy atom. The van der Waals surface area contributed by atoms with Crippen LogP contribution in [-0.4, -0.2) is 88.6 Å². The molecule has 0 unspecified atom stereocenters. The van der Waals surface area contributed by atoms with E-state index in [2.05, 4.69) is 0 Å². The molecule has 0 aromatic carbocycles. The fraction of sp³-hybridized carbons (Fsp3) is 0.500. The van der Waals surface area contributed by atoms with Crippen LogP contribution >= 0.6 is 0 Å². The van der Waals surface area contributed by atoms with E-state index in [1.165, 1.54) is 0 Å². The molecule has 0 aliphatic heterocycles. The maximum atomic E-state index is 9.00. The molecule has 0 aliphatic rings. The van der Waals surface area contributed by atoms with Crippen LogP contribution < -0.4 is 0 Å². The van der Waals surface area contributed by atoms with Gasteiger partial charge in [-0.15, -0.1) is 0 Å². The van der Waals surface area contributed by atoms with E-state index in [1.807, 2.05) is 0 Å². The van der Waals surface area contributed by atoms with E-state index in [9.17, 15) is 0 Å². The monoisotopic (exact) mass is 676 g/mol. The van der Waals surface area contributed by atoms with Gasteiger partial charge in [0, 0.05) is 97.5 Å². The summed E-state index contributed by atoms with van der Waals surface area (Å²) in [5, 5.41) is 59.3. The molecule has 0 saturated heterocycles. The summed E-state index contributed by atoms with van der Waals surface area (Å²) in [5.74, 6) is -6.67. The largest absolute Gasteiger partial charge is 0.481 e. The summed E-state index contributed by atoms with van der Waals surface area (Å²) in [4.78, 5) is 72.0. The van der Waals surface area contributed by atoms with Crippen LogP contribution in [0.3, 0.4) is 0 Å². The van der Waals surface area contributed by atoms with Gasteiger partial charge in [-0.3, -0.25) is 38.4 Å².